The number of nitrogens with zero attached hydrogens (tertiary/aromatic N) is 3. The summed E-state index contributed by atoms with van der Waals surface area (Å²) in [4.78, 5) is 13.8. The van der Waals surface area contributed by atoms with E-state index in [0.717, 1.165) is 36.7 Å². The van der Waals surface area contributed by atoms with Gasteiger partial charge in [-0.05, 0) is 36.6 Å². The fourth-order valence-corrected chi connectivity index (χ4v) is 2.48. The van der Waals surface area contributed by atoms with Crippen LogP contribution in [0.25, 0.3) is 11.5 Å². The standard InChI is InChI=1S/C15H18N4/c1-10(2)14-11-6-8-16-9-13(11)18-15(19-14)12-5-3-4-7-17-12/h3-5,7,10,16H,6,8-9H2,1-2H3. The van der Waals surface area contributed by atoms with E-state index in [9.17, 15) is 0 Å². The average Bonchev–Trinajstić information content (AvgIpc) is 2.47. The van der Waals surface area contributed by atoms with Crippen LogP contribution in [0.15, 0.2) is 24.4 Å². The molecule has 0 saturated carbocycles. The van der Waals surface area contributed by atoms with E-state index in [1.165, 1.54) is 11.3 Å². The number of nitrogens with one attached hydrogen (secondary N) is 1. The number of hydrogen-bond acceptors (Lipinski definition) is 4. The fourth-order valence-electron chi connectivity index (χ4n) is 2.48. The van der Waals surface area contributed by atoms with Crippen molar-refractivity contribution in [1.82, 2.24) is 20.3 Å². The summed E-state index contributed by atoms with van der Waals surface area (Å²) in [6, 6.07) is 5.84. The third kappa shape index (κ3) is 2.36. The molecule has 1 N–H and O–H groups in total. The first kappa shape index (κ1) is 12.2. The number of rotatable bonds is 2. The zero-order valence-corrected chi connectivity index (χ0v) is 11.3. The van der Waals surface area contributed by atoms with Crippen LogP contribution in [0.5, 0.6) is 0 Å². The van der Waals surface area contributed by atoms with Gasteiger partial charge in [-0.3, -0.25) is 4.98 Å². The van der Waals surface area contributed by atoms with Crippen LogP contribution in [0.4, 0.5) is 0 Å². The molecule has 1 aliphatic heterocycles. The quantitative estimate of drug-likeness (QED) is 0.893. The van der Waals surface area contributed by atoms with Gasteiger partial charge >= 0.3 is 0 Å². The third-order valence-corrected chi connectivity index (χ3v) is 3.41. The molecular weight excluding hydrogens is 236 g/mol. The van der Waals surface area contributed by atoms with Gasteiger partial charge in [0.05, 0.1) is 11.4 Å². The number of pyridine rings is 1. The summed E-state index contributed by atoms with van der Waals surface area (Å²) in [7, 11) is 0. The van der Waals surface area contributed by atoms with Crippen molar-refractivity contribution in [2.24, 2.45) is 0 Å². The smallest absolute Gasteiger partial charge is 0.178 e. The molecule has 0 amide bonds. The summed E-state index contributed by atoms with van der Waals surface area (Å²) in [5.41, 5.74) is 4.48. The van der Waals surface area contributed by atoms with E-state index in [-0.39, 0.29) is 0 Å². The van der Waals surface area contributed by atoms with Crippen molar-refractivity contribution in [2.45, 2.75) is 32.7 Å². The van der Waals surface area contributed by atoms with Crippen molar-refractivity contribution in [3.05, 3.63) is 41.3 Å². The van der Waals surface area contributed by atoms with Crippen LogP contribution in [-0.4, -0.2) is 21.5 Å². The molecule has 0 fully saturated rings. The highest BCUT2D eigenvalue weighted by Gasteiger charge is 2.19. The summed E-state index contributed by atoms with van der Waals surface area (Å²) in [5, 5.41) is 3.38. The molecule has 2 aromatic rings. The van der Waals surface area contributed by atoms with Gasteiger partial charge in [0.15, 0.2) is 5.82 Å². The van der Waals surface area contributed by atoms with Crippen LogP contribution in [0.1, 0.15) is 36.7 Å². The third-order valence-electron chi connectivity index (χ3n) is 3.41. The Labute approximate surface area is 113 Å². The molecule has 98 valence electrons. The van der Waals surface area contributed by atoms with Gasteiger partial charge in [-0.15, -0.1) is 0 Å². The SMILES string of the molecule is CC(C)c1nc(-c2ccccn2)nc2c1CCNC2. The molecule has 0 spiro atoms. The normalized spacial score (nSPS) is 14.5. The molecule has 3 heterocycles. The summed E-state index contributed by atoms with van der Waals surface area (Å²) >= 11 is 0. The predicted octanol–water partition coefficient (Wildman–Crippen LogP) is 2.31. The summed E-state index contributed by atoms with van der Waals surface area (Å²) < 4.78 is 0. The Morgan fingerprint density at radius 2 is 2.11 bits per heavy atom. The van der Waals surface area contributed by atoms with Crippen molar-refractivity contribution in [3.63, 3.8) is 0 Å². The minimum Gasteiger partial charge on any atom is -0.311 e. The number of hydrogen-bond donors (Lipinski definition) is 1. The Kier molecular flexibility index (Phi) is 3.25. The van der Waals surface area contributed by atoms with Gasteiger partial charge in [-0.1, -0.05) is 19.9 Å². The van der Waals surface area contributed by atoms with Crippen LogP contribution in [0.2, 0.25) is 0 Å². The highest BCUT2D eigenvalue weighted by molar-refractivity contribution is 5.50. The van der Waals surface area contributed by atoms with Crippen molar-refractivity contribution >= 4 is 0 Å². The van der Waals surface area contributed by atoms with Gasteiger partial charge in [0.1, 0.15) is 5.69 Å². The lowest BCUT2D eigenvalue weighted by Crippen LogP contribution is -2.27. The van der Waals surface area contributed by atoms with E-state index in [2.05, 4.69) is 24.1 Å². The molecule has 0 unspecified atom stereocenters. The van der Waals surface area contributed by atoms with Crippen LogP contribution < -0.4 is 5.32 Å². The number of fused-ring (bicyclic) bond motifs is 1. The highest BCUT2D eigenvalue weighted by Crippen LogP contribution is 2.25. The molecular formula is C15H18N4. The van der Waals surface area contributed by atoms with Crippen molar-refractivity contribution < 1.29 is 0 Å². The first-order valence-corrected chi connectivity index (χ1v) is 6.77. The average molecular weight is 254 g/mol. The zero-order chi connectivity index (χ0) is 13.2. The number of aromatic nitrogens is 3. The monoisotopic (exact) mass is 254 g/mol. The maximum Gasteiger partial charge on any atom is 0.178 e. The largest absolute Gasteiger partial charge is 0.311 e. The molecule has 0 atom stereocenters. The Bertz CT molecular complexity index is 578. The van der Waals surface area contributed by atoms with Crippen LogP contribution >= 0.6 is 0 Å². The summed E-state index contributed by atoms with van der Waals surface area (Å²) in [5.74, 6) is 1.16. The molecule has 3 rings (SSSR count). The van der Waals surface area contributed by atoms with Gasteiger partial charge in [-0.2, -0.15) is 0 Å². The van der Waals surface area contributed by atoms with Crippen LogP contribution in [-0.2, 0) is 13.0 Å². The molecule has 4 heteroatoms. The van der Waals surface area contributed by atoms with Gasteiger partial charge < -0.3 is 5.32 Å². The molecule has 0 saturated heterocycles. The maximum absolute atomic E-state index is 4.75. The van der Waals surface area contributed by atoms with E-state index in [1.54, 1.807) is 6.20 Å². The second-order valence-corrected chi connectivity index (χ2v) is 5.15. The second-order valence-electron chi connectivity index (χ2n) is 5.15. The van der Waals surface area contributed by atoms with E-state index < -0.39 is 0 Å². The molecule has 1 aliphatic rings. The van der Waals surface area contributed by atoms with Gasteiger partial charge in [0.25, 0.3) is 0 Å². The molecule has 0 bridgehead atoms. The Morgan fingerprint density at radius 3 is 2.84 bits per heavy atom. The van der Waals surface area contributed by atoms with E-state index in [1.807, 2.05) is 18.2 Å². The minimum atomic E-state index is 0.414. The van der Waals surface area contributed by atoms with E-state index in [4.69, 9.17) is 9.97 Å². The fraction of sp³-hybridized carbons (Fsp3) is 0.400. The molecule has 4 nitrogen and oxygen atoms in total. The molecule has 0 radical (unpaired) electrons. The van der Waals surface area contributed by atoms with Crippen LogP contribution in [0, 0.1) is 0 Å². The first-order valence-electron chi connectivity index (χ1n) is 6.77. The Hall–Kier alpha value is -1.81. The maximum atomic E-state index is 4.75. The summed E-state index contributed by atoms with van der Waals surface area (Å²) in [6.07, 6.45) is 2.80. The highest BCUT2D eigenvalue weighted by atomic mass is 15.0. The topological polar surface area (TPSA) is 50.7 Å². The predicted molar refractivity (Wildman–Crippen MR) is 74.8 cm³/mol. The molecule has 2 aromatic heterocycles. The lowest BCUT2D eigenvalue weighted by atomic mass is 9.97. The second kappa shape index (κ2) is 5.05. The molecule has 19 heavy (non-hydrogen) atoms. The lowest BCUT2D eigenvalue weighted by molar-refractivity contribution is 0.609. The van der Waals surface area contributed by atoms with E-state index >= 15 is 0 Å². The minimum absolute atomic E-state index is 0.414. The van der Waals surface area contributed by atoms with Crippen molar-refractivity contribution in [3.8, 4) is 11.5 Å². The van der Waals surface area contributed by atoms with Gasteiger partial charge in [0.2, 0.25) is 0 Å². The van der Waals surface area contributed by atoms with E-state index in [0.29, 0.717) is 5.92 Å². The Balaban J connectivity index is 2.14. The molecule has 0 aliphatic carbocycles. The van der Waals surface area contributed by atoms with Crippen LogP contribution in [0.3, 0.4) is 0 Å². The van der Waals surface area contributed by atoms with Gasteiger partial charge in [-0.25, -0.2) is 9.97 Å². The first-order chi connectivity index (χ1) is 9.25. The van der Waals surface area contributed by atoms with Crippen molar-refractivity contribution in [2.75, 3.05) is 6.54 Å². The van der Waals surface area contributed by atoms with Crippen molar-refractivity contribution in [1.29, 1.82) is 0 Å². The lowest BCUT2D eigenvalue weighted by Gasteiger charge is -2.21. The zero-order valence-electron chi connectivity index (χ0n) is 11.3. The Morgan fingerprint density at radius 1 is 1.21 bits per heavy atom. The molecule has 0 aromatic carbocycles. The summed E-state index contributed by atoms with van der Waals surface area (Å²) in [6.45, 7) is 6.22. The van der Waals surface area contributed by atoms with Gasteiger partial charge in [0, 0.05) is 12.7 Å².